The number of hydrogen-bond donors (Lipinski definition) is 5. The molecule has 0 saturated carbocycles. The van der Waals surface area contributed by atoms with Gasteiger partial charge in [-0.1, -0.05) is 0 Å². The Morgan fingerprint density at radius 2 is 1.73 bits per heavy atom. The third-order valence-corrected chi connectivity index (χ3v) is 5.15. The molecule has 2 heterocycles. The van der Waals surface area contributed by atoms with E-state index in [1.54, 1.807) is 12.1 Å². The molecule has 1 aliphatic heterocycles. The Bertz CT molecular complexity index is 1140. The summed E-state index contributed by atoms with van der Waals surface area (Å²) in [5.41, 5.74) is -0.00761. The predicted octanol–water partition coefficient (Wildman–Crippen LogP) is 1.03. The number of rotatable bonds is 3. The summed E-state index contributed by atoms with van der Waals surface area (Å²) in [7, 11) is 1.33. The fourth-order valence-corrected chi connectivity index (χ4v) is 3.57. The van der Waals surface area contributed by atoms with Gasteiger partial charge in [0.15, 0.2) is 5.43 Å². The smallest absolute Gasteiger partial charge is 0.197 e. The van der Waals surface area contributed by atoms with Crippen LogP contribution in [0.1, 0.15) is 11.7 Å². The van der Waals surface area contributed by atoms with Crippen LogP contribution in [-0.4, -0.2) is 57.6 Å². The lowest BCUT2D eigenvalue weighted by Gasteiger charge is -2.36. The number of aromatic hydroxyl groups is 2. The number of phenolic OH excluding ortho intramolecular Hbond substituents is 2. The van der Waals surface area contributed by atoms with Crippen LogP contribution in [0.3, 0.4) is 0 Å². The molecule has 4 atom stereocenters. The molecule has 4 rings (SSSR count). The SMILES string of the molecule is COc1cc2oc(-c3ccc(O)cc3)cc(=O)c2c(O)c1C1OCC(O)C(O)C1O. The fourth-order valence-electron chi connectivity index (χ4n) is 3.57. The third kappa shape index (κ3) is 3.27. The van der Waals surface area contributed by atoms with E-state index in [1.165, 1.54) is 31.4 Å². The molecule has 1 aromatic heterocycles. The van der Waals surface area contributed by atoms with Crippen molar-refractivity contribution >= 4 is 11.0 Å². The van der Waals surface area contributed by atoms with Crippen molar-refractivity contribution in [1.29, 1.82) is 0 Å². The minimum Gasteiger partial charge on any atom is -0.508 e. The maximum Gasteiger partial charge on any atom is 0.197 e. The van der Waals surface area contributed by atoms with E-state index in [4.69, 9.17) is 13.9 Å². The van der Waals surface area contributed by atoms with Crippen molar-refractivity contribution in [2.75, 3.05) is 13.7 Å². The zero-order valence-electron chi connectivity index (χ0n) is 15.8. The number of methoxy groups -OCH3 is 1. The lowest BCUT2D eigenvalue weighted by Crippen LogP contribution is -2.49. The van der Waals surface area contributed by atoms with Gasteiger partial charge in [0.05, 0.1) is 19.3 Å². The zero-order chi connectivity index (χ0) is 21.6. The molecule has 0 radical (unpaired) electrons. The summed E-state index contributed by atoms with van der Waals surface area (Å²) in [6.07, 6.45) is -5.59. The summed E-state index contributed by atoms with van der Waals surface area (Å²) in [6.45, 7) is -0.280. The molecule has 0 aliphatic carbocycles. The first kappa shape index (κ1) is 20.2. The van der Waals surface area contributed by atoms with Crippen molar-refractivity contribution in [3.05, 3.63) is 52.2 Å². The highest BCUT2D eigenvalue weighted by Crippen LogP contribution is 2.44. The van der Waals surface area contributed by atoms with Gasteiger partial charge in [0.25, 0.3) is 0 Å². The van der Waals surface area contributed by atoms with Crippen molar-refractivity contribution in [3.8, 4) is 28.6 Å². The Labute approximate surface area is 170 Å². The van der Waals surface area contributed by atoms with Crippen molar-refractivity contribution < 1.29 is 39.4 Å². The summed E-state index contributed by atoms with van der Waals surface area (Å²) in [4.78, 5) is 12.8. The number of aliphatic hydroxyl groups is 3. The van der Waals surface area contributed by atoms with E-state index in [1.807, 2.05) is 0 Å². The van der Waals surface area contributed by atoms with Crippen LogP contribution in [0.5, 0.6) is 17.2 Å². The maximum absolute atomic E-state index is 12.8. The number of benzene rings is 2. The van der Waals surface area contributed by atoms with Gasteiger partial charge in [-0.2, -0.15) is 0 Å². The average molecular weight is 416 g/mol. The summed E-state index contributed by atoms with van der Waals surface area (Å²) in [5, 5.41) is 50.1. The lowest BCUT2D eigenvalue weighted by atomic mass is 9.92. The first-order chi connectivity index (χ1) is 14.3. The van der Waals surface area contributed by atoms with Gasteiger partial charge in [0.1, 0.15) is 58.4 Å². The van der Waals surface area contributed by atoms with E-state index in [0.29, 0.717) is 5.56 Å². The van der Waals surface area contributed by atoms with Gasteiger partial charge in [-0.25, -0.2) is 0 Å². The lowest BCUT2D eigenvalue weighted by molar-refractivity contribution is -0.189. The first-order valence-electron chi connectivity index (χ1n) is 9.14. The van der Waals surface area contributed by atoms with E-state index in [-0.39, 0.29) is 40.4 Å². The van der Waals surface area contributed by atoms with Crippen LogP contribution in [0.25, 0.3) is 22.3 Å². The van der Waals surface area contributed by atoms with Gasteiger partial charge < -0.3 is 39.4 Å². The molecule has 1 fully saturated rings. The van der Waals surface area contributed by atoms with Gasteiger partial charge >= 0.3 is 0 Å². The predicted molar refractivity (Wildman–Crippen MR) is 105 cm³/mol. The van der Waals surface area contributed by atoms with Crippen LogP contribution in [0.15, 0.2) is 45.6 Å². The van der Waals surface area contributed by atoms with Gasteiger partial charge in [0, 0.05) is 17.7 Å². The molecule has 5 N–H and O–H groups in total. The summed E-state index contributed by atoms with van der Waals surface area (Å²) >= 11 is 0. The second kappa shape index (κ2) is 7.62. The molecule has 2 aromatic carbocycles. The molecular formula is C21H20O9. The maximum atomic E-state index is 12.8. The topological polar surface area (TPSA) is 150 Å². The number of fused-ring (bicyclic) bond motifs is 1. The minimum atomic E-state index is -1.56. The third-order valence-electron chi connectivity index (χ3n) is 5.15. The molecule has 158 valence electrons. The van der Waals surface area contributed by atoms with Gasteiger partial charge in [0.2, 0.25) is 0 Å². The second-order valence-corrected chi connectivity index (χ2v) is 7.04. The summed E-state index contributed by atoms with van der Waals surface area (Å²) < 4.78 is 16.5. The number of ether oxygens (including phenoxy) is 2. The van der Waals surface area contributed by atoms with E-state index in [9.17, 15) is 30.3 Å². The van der Waals surface area contributed by atoms with E-state index >= 15 is 0 Å². The Morgan fingerprint density at radius 1 is 1.03 bits per heavy atom. The fraction of sp³-hybridized carbons (Fsp3) is 0.286. The van der Waals surface area contributed by atoms with Crippen molar-refractivity contribution in [1.82, 2.24) is 0 Å². The number of aliphatic hydroxyl groups excluding tert-OH is 3. The number of phenols is 2. The van der Waals surface area contributed by atoms with Crippen molar-refractivity contribution in [2.24, 2.45) is 0 Å². The quantitative estimate of drug-likeness (QED) is 0.422. The van der Waals surface area contributed by atoms with Crippen LogP contribution < -0.4 is 10.2 Å². The molecule has 9 heteroatoms. The summed E-state index contributed by atoms with van der Waals surface area (Å²) in [6, 6.07) is 8.61. The minimum absolute atomic E-state index is 0.0341. The molecular weight excluding hydrogens is 396 g/mol. The average Bonchev–Trinajstić information content (AvgIpc) is 2.72. The molecule has 4 unspecified atom stereocenters. The molecule has 1 aliphatic rings. The first-order valence-corrected chi connectivity index (χ1v) is 9.14. The van der Waals surface area contributed by atoms with Crippen LogP contribution >= 0.6 is 0 Å². The van der Waals surface area contributed by atoms with E-state index in [2.05, 4.69) is 0 Å². The highest BCUT2D eigenvalue weighted by Gasteiger charge is 2.41. The Balaban J connectivity index is 1.89. The second-order valence-electron chi connectivity index (χ2n) is 7.04. The Kier molecular flexibility index (Phi) is 5.12. The molecule has 1 saturated heterocycles. The molecule has 0 bridgehead atoms. The normalized spacial score (nSPS) is 24.1. The van der Waals surface area contributed by atoms with Gasteiger partial charge in [-0.05, 0) is 24.3 Å². The monoisotopic (exact) mass is 416 g/mol. The van der Waals surface area contributed by atoms with Crippen LogP contribution in [0, 0.1) is 0 Å². The van der Waals surface area contributed by atoms with Crippen LogP contribution in [-0.2, 0) is 4.74 Å². The Morgan fingerprint density at radius 3 is 2.40 bits per heavy atom. The largest absolute Gasteiger partial charge is 0.508 e. The zero-order valence-corrected chi connectivity index (χ0v) is 15.8. The van der Waals surface area contributed by atoms with Crippen LogP contribution in [0.4, 0.5) is 0 Å². The molecule has 30 heavy (non-hydrogen) atoms. The van der Waals surface area contributed by atoms with Crippen molar-refractivity contribution in [2.45, 2.75) is 24.4 Å². The van der Waals surface area contributed by atoms with Gasteiger partial charge in [-0.15, -0.1) is 0 Å². The molecule has 0 spiro atoms. The molecule has 3 aromatic rings. The molecule has 9 nitrogen and oxygen atoms in total. The highest BCUT2D eigenvalue weighted by molar-refractivity contribution is 5.88. The van der Waals surface area contributed by atoms with Gasteiger partial charge in [-0.3, -0.25) is 4.79 Å². The number of hydrogen-bond acceptors (Lipinski definition) is 9. The van der Waals surface area contributed by atoms with Crippen molar-refractivity contribution in [3.63, 3.8) is 0 Å². The summed E-state index contributed by atoms with van der Waals surface area (Å²) in [5.74, 6) is -0.167. The highest BCUT2D eigenvalue weighted by atomic mass is 16.5. The van der Waals surface area contributed by atoms with E-state index in [0.717, 1.165) is 0 Å². The standard InChI is InChI=1S/C21H20O9/c1-28-14-7-15-16(11(23)6-13(30-15)9-2-4-10(22)5-3-9)19(26)17(14)21-20(27)18(25)12(24)8-29-21/h2-7,12,18,20-22,24-27H,8H2,1H3. The Hall–Kier alpha value is -3.11. The van der Waals surface area contributed by atoms with Crippen LogP contribution in [0.2, 0.25) is 0 Å². The van der Waals surface area contributed by atoms with E-state index < -0.39 is 35.6 Å². The molecule has 0 amide bonds.